The highest BCUT2D eigenvalue weighted by molar-refractivity contribution is 5.97. The second kappa shape index (κ2) is 8.59. The lowest BCUT2D eigenvalue weighted by molar-refractivity contribution is -0.137. The van der Waals surface area contributed by atoms with Gasteiger partial charge in [0.15, 0.2) is 0 Å². The van der Waals surface area contributed by atoms with E-state index >= 15 is 0 Å². The zero-order valence-corrected chi connectivity index (χ0v) is 16.6. The molecule has 0 saturated carbocycles. The minimum Gasteiger partial charge on any atom is -0.478 e. The van der Waals surface area contributed by atoms with Gasteiger partial charge in [0.05, 0.1) is 5.56 Å². The molecule has 0 amide bonds. The number of carboxylic acid groups (broad SMARTS) is 1. The lowest BCUT2D eigenvalue weighted by Gasteiger charge is -2.20. The first-order chi connectivity index (χ1) is 15.3. The van der Waals surface area contributed by atoms with Crippen LogP contribution in [0.15, 0.2) is 91.0 Å². The molecule has 6 heteroatoms. The molecule has 1 N–H and O–H groups in total. The molecule has 160 valence electrons. The van der Waals surface area contributed by atoms with Crippen LogP contribution < -0.4 is 4.74 Å². The molecule has 0 bridgehead atoms. The van der Waals surface area contributed by atoms with Crippen molar-refractivity contribution in [2.75, 3.05) is 0 Å². The molecule has 0 aliphatic carbocycles. The van der Waals surface area contributed by atoms with Crippen molar-refractivity contribution >= 4 is 22.8 Å². The van der Waals surface area contributed by atoms with Crippen LogP contribution in [0.4, 0.5) is 13.2 Å². The van der Waals surface area contributed by atoms with E-state index in [0.29, 0.717) is 27.6 Å². The average molecular weight is 434 g/mol. The van der Waals surface area contributed by atoms with Crippen molar-refractivity contribution in [3.63, 3.8) is 0 Å². The van der Waals surface area contributed by atoms with Crippen LogP contribution in [-0.2, 0) is 11.0 Å². The van der Waals surface area contributed by atoms with Crippen LogP contribution in [0.5, 0.6) is 11.5 Å². The summed E-state index contributed by atoms with van der Waals surface area (Å²) >= 11 is 0. The zero-order chi connectivity index (χ0) is 22.7. The smallest absolute Gasteiger partial charge is 0.417 e. The Morgan fingerprint density at radius 1 is 0.875 bits per heavy atom. The fourth-order valence-electron chi connectivity index (χ4n) is 3.47. The SMILES string of the molecule is O=C(O)/C=C/c1ccc(Oc2c(-c3ccccc3)c(C(F)(F)F)cc3ccccc23)cc1. The Morgan fingerprint density at radius 3 is 2.19 bits per heavy atom. The molecule has 0 atom stereocenters. The van der Waals surface area contributed by atoms with Crippen LogP contribution in [0.3, 0.4) is 0 Å². The average Bonchev–Trinajstić information content (AvgIpc) is 2.78. The number of alkyl halides is 3. The zero-order valence-electron chi connectivity index (χ0n) is 16.6. The van der Waals surface area contributed by atoms with Crippen LogP contribution >= 0.6 is 0 Å². The molecule has 0 aromatic heterocycles. The van der Waals surface area contributed by atoms with E-state index in [2.05, 4.69) is 0 Å². The molecule has 32 heavy (non-hydrogen) atoms. The summed E-state index contributed by atoms with van der Waals surface area (Å²) in [4.78, 5) is 10.7. The standard InChI is InChI=1S/C26H17F3O3/c27-26(28,29)22-16-19-8-4-5-9-21(19)25(24(22)18-6-2-1-3-7-18)32-20-13-10-17(11-14-20)12-15-23(30)31/h1-16H,(H,30,31)/b15-12+. The monoisotopic (exact) mass is 434 g/mol. The number of halogens is 3. The van der Waals surface area contributed by atoms with Crippen LogP contribution in [0, 0.1) is 0 Å². The summed E-state index contributed by atoms with van der Waals surface area (Å²) in [5.74, 6) is -0.636. The number of ether oxygens (including phenoxy) is 1. The van der Waals surface area contributed by atoms with Gasteiger partial charge in [-0.05, 0) is 40.8 Å². The number of carboxylic acids is 1. The van der Waals surface area contributed by atoms with E-state index in [1.165, 1.54) is 6.08 Å². The van der Waals surface area contributed by atoms with Crippen molar-refractivity contribution in [3.8, 4) is 22.6 Å². The molecule has 0 spiro atoms. The molecule has 0 heterocycles. The molecular weight excluding hydrogens is 417 g/mol. The first kappa shape index (κ1) is 21.2. The van der Waals surface area contributed by atoms with Crippen LogP contribution in [0.2, 0.25) is 0 Å². The maximum atomic E-state index is 14.1. The van der Waals surface area contributed by atoms with Crippen molar-refractivity contribution in [3.05, 3.63) is 102 Å². The molecule has 4 aromatic carbocycles. The number of aliphatic carboxylic acids is 1. The summed E-state index contributed by atoms with van der Waals surface area (Å²) in [5, 5.41) is 9.71. The second-order valence-corrected chi connectivity index (χ2v) is 7.06. The van der Waals surface area contributed by atoms with Gasteiger partial charge < -0.3 is 9.84 Å². The summed E-state index contributed by atoms with van der Waals surface area (Å²) in [7, 11) is 0. The van der Waals surface area contributed by atoms with Gasteiger partial charge in [-0.25, -0.2) is 4.79 Å². The molecule has 0 aliphatic rings. The number of hydrogen-bond donors (Lipinski definition) is 1. The summed E-state index contributed by atoms with van der Waals surface area (Å²) in [6.07, 6.45) is -2.16. The molecule has 3 nitrogen and oxygen atoms in total. The number of benzene rings is 4. The Morgan fingerprint density at radius 2 is 1.53 bits per heavy atom. The van der Waals surface area contributed by atoms with Gasteiger partial charge in [0.25, 0.3) is 0 Å². The van der Waals surface area contributed by atoms with E-state index in [1.807, 2.05) is 0 Å². The predicted octanol–water partition coefficient (Wildman–Crippen LogP) is 7.42. The minimum absolute atomic E-state index is 0.0355. The summed E-state index contributed by atoms with van der Waals surface area (Å²) in [6.45, 7) is 0. The second-order valence-electron chi connectivity index (χ2n) is 7.06. The Balaban J connectivity index is 1.90. The highest BCUT2D eigenvalue weighted by Crippen LogP contribution is 2.47. The topological polar surface area (TPSA) is 46.5 Å². The lowest BCUT2D eigenvalue weighted by atomic mass is 9.93. The van der Waals surface area contributed by atoms with Crippen LogP contribution in [0.25, 0.3) is 28.0 Å². The molecule has 0 radical (unpaired) electrons. The molecule has 4 aromatic rings. The molecule has 0 saturated heterocycles. The number of rotatable bonds is 5. The van der Waals surface area contributed by atoms with Gasteiger partial charge >= 0.3 is 12.1 Å². The quantitative estimate of drug-likeness (QED) is 0.333. The van der Waals surface area contributed by atoms with E-state index in [1.54, 1.807) is 78.9 Å². The number of carbonyl (C=O) groups is 1. The maximum absolute atomic E-state index is 14.1. The van der Waals surface area contributed by atoms with E-state index in [9.17, 15) is 18.0 Å². The Labute approximate surface area is 182 Å². The Hall–Kier alpha value is -4.06. The summed E-state index contributed by atoms with van der Waals surface area (Å²) in [6, 6.07) is 22.7. The highest BCUT2D eigenvalue weighted by Gasteiger charge is 2.36. The number of hydrogen-bond acceptors (Lipinski definition) is 2. The van der Waals surface area contributed by atoms with Gasteiger partial charge in [-0.1, -0.05) is 66.7 Å². The van der Waals surface area contributed by atoms with Crippen LogP contribution in [-0.4, -0.2) is 11.1 Å². The fourth-order valence-corrected chi connectivity index (χ4v) is 3.47. The van der Waals surface area contributed by atoms with E-state index in [4.69, 9.17) is 9.84 Å². The first-order valence-corrected chi connectivity index (χ1v) is 9.70. The third-order valence-corrected chi connectivity index (χ3v) is 4.89. The van der Waals surface area contributed by atoms with Gasteiger partial charge in [0.1, 0.15) is 11.5 Å². The Kier molecular flexibility index (Phi) is 5.69. The molecule has 0 aliphatic heterocycles. The van der Waals surface area contributed by atoms with Gasteiger partial charge in [0.2, 0.25) is 0 Å². The molecular formula is C26H17F3O3. The third-order valence-electron chi connectivity index (χ3n) is 4.89. The number of fused-ring (bicyclic) bond motifs is 1. The lowest BCUT2D eigenvalue weighted by Crippen LogP contribution is -2.08. The molecule has 0 unspecified atom stereocenters. The van der Waals surface area contributed by atoms with Crippen molar-refractivity contribution in [1.82, 2.24) is 0 Å². The molecule has 4 rings (SSSR count). The van der Waals surface area contributed by atoms with Crippen molar-refractivity contribution in [2.45, 2.75) is 6.18 Å². The molecule has 0 fully saturated rings. The van der Waals surface area contributed by atoms with E-state index in [0.717, 1.165) is 12.1 Å². The fraction of sp³-hybridized carbons (Fsp3) is 0.0385. The van der Waals surface area contributed by atoms with Gasteiger partial charge in [-0.3, -0.25) is 0 Å². The van der Waals surface area contributed by atoms with Crippen LogP contribution in [0.1, 0.15) is 11.1 Å². The Bertz CT molecular complexity index is 1290. The van der Waals surface area contributed by atoms with Crippen molar-refractivity contribution < 1.29 is 27.8 Å². The maximum Gasteiger partial charge on any atom is 0.417 e. The normalized spacial score (nSPS) is 11.7. The minimum atomic E-state index is -4.58. The van der Waals surface area contributed by atoms with Gasteiger partial charge in [-0.15, -0.1) is 0 Å². The summed E-state index contributed by atoms with van der Waals surface area (Å²) < 4.78 is 48.3. The van der Waals surface area contributed by atoms with Crippen molar-refractivity contribution in [2.24, 2.45) is 0 Å². The van der Waals surface area contributed by atoms with Gasteiger partial charge in [-0.2, -0.15) is 13.2 Å². The first-order valence-electron chi connectivity index (χ1n) is 9.70. The highest BCUT2D eigenvalue weighted by atomic mass is 19.4. The largest absolute Gasteiger partial charge is 0.478 e. The summed E-state index contributed by atoms with van der Waals surface area (Å²) in [5.41, 5.74) is 0.198. The predicted molar refractivity (Wildman–Crippen MR) is 118 cm³/mol. The van der Waals surface area contributed by atoms with Gasteiger partial charge in [0, 0.05) is 17.0 Å². The van der Waals surface area contributed by atoms with E-state index in [-0.39, 0.29) is 11.3 Å². The third kappa shape index (κ3) is 4.49. The van der Waals surface area contributed by atoms with Crippen molar-refractivity contribution in [1.29, 1.82) is 0 Å². The van der Waals surface area contributed by atoms with E-state index < -0.39 is 17.7 Å².